The van der Waals surface area contributed by atoms with E-state index in [4.69, 9.17) is 0 Å². The summed E-state index contributed by atoms with van der Waals surface area (Å²) in [6, 6.07) is 0.131. The lowest BCUT2D eigenvalue weighted by atomic mass is 9.82. The second kappa shape index (κ2) is 9.17. The first-order chi connectivity index (χ1) is 10.8. The third-order valence-corrected chi connectivity index (χ3v) is 5.18. The van der Waals surface area contributed by atoms with Gasteiger partial charge in [0.25, 0.3) is 0 Å². The van der Waals surface area contributed by atoms with E-state index < -0.39 is 6.17 Å². The molecule has 0 fully saturated rings. The zero-order valence-corrected chi connectivity index (χ0v) is 15.4. The zero-order chi connectivity index (χ0) is 17.5. The van der Waals surface area contributed by atoms with Crippen molar-refractivity contribution in [3.8, 4) is 0 Å². The van der Waals surface area contributed by atoms with Gasteiger partial charge < -0.3 is 5.32 Å². The van der Waals surface area contributed by atoms with Crippen LogP contribution in [0.3, 0.4) is 0 Å². The molecule has 0 aromatic heterocycles. The second-order valence-corrected chi connectivity index (χ2v) is 7.11. The van der Waals surface area contributed by atoms with E-state index in [1.54, 1.807) is 6.92 Å². The van der Waals surface area contributed by atoms with Gasteiger partial charge in [-0.1, -0.05) is 57.2 Å². The third kappa shape index (κ3) is 6.06. The van der Waals surface area contributed by atoms with Crippen LogP contribution in [-0.4, -0.2) is 31.5 Å². The van der Waals surface area contributed by atoms with Gasteiger partial charge in [0.1, 0.15) is 6.17 Å². The van der Waals surface area contributed by atoms with Crippen molar-refractivity contribution >= 4 is 5.71 Å². The Bertz CT molecular complexity index is 474. The normalized spacial score (nSPS) is 21.3. The number of halogens is 1. The van der Waals surface area contributed by atoms with Crippen LogP contribution in [0.15, 0.2) is 41.4 Å². The molecule has 1 N–H and O–H groups in total. The largest absolute Gasteiger partial charge is 0.316 e. The summed E-state index contributed by atoms with van der Waals surface area (Å²) in [6.45, 7) is 12.9. The Morgan fingerprint density at radius 2 is 2.13 bits per heavy atom. The number of nitrogens with one attached hydrogen (secondary N) is 1. The fourth-order valence-electron chi connectivity index (χ4n) is 2.58. The van der Waals surface area contributed by atoms with E-state index in [-0.39, 0.29) is 11.5 Å². The number of hydrogen-bond donors (Lipinski definition) is 1. The molecule has 2 nitrogen and oxygen atoms in total. The molecule has 0 amide bonds. The summed E-state index contributed by atoms with van der Waals surface area (Å²) < 4.78 is 14.6. The lowest BCUT2D eigenvalue weighted by molar-refractivity contribution is 0.315. The number of hydrogen-bond acceptors (Lipinski definition) is 2. The minimum atomic E-state index is -1.01. The maximum Gasteiger partial charge on any atom is 0.139 e. The first kappa shape index (κ1) is 19.8. The van der Waals surface area contributed by atoms with Crippen LogP contribution in [0, 0.1) is 11.3 Å². The van der Waals surface area contributed by atoms with E-state index in [0.29, 0.717) is 24.6 Å². The van der Waals surface area contributed by atoms with Gasteiger partial charge in [-0.3, -0.25) is 4.99 Å². The van der Waals surface area contributed by atoms with Gasteiger partial charge in [-0.2, -0.15) is 0 Å². The van der Waals surface area contributed by atoms with Gasteiger partial charge in [0, 0.05) is 11.8 Å². The third-order valence-electron chi connectivity index (χ3n) is 5.18. The number of aliphatic imine (C=N–C) groups is 1. The van der Waals surface area contributed by atoms with Crippen LogP contribution in [0.5, 0.6) is 0 Å². The molecule has 23 heavy (non-hydrogen) atoms. The Kier molecular flexibility index (Phi) is 7.90. The molecule has 0 saturated heterocycles. The van der Waals surface area contributed by atoms with Crippen LogP contribution in [0.1, 0.15) is 47.0 Å². The van der Waals surface area contributed by atoms with Crippen LogP contribution in [0.25, 0.3) is 0 Å². The molecular formula is C20H33FN2. The summed E-state index contributed by atoms with van der Waals surface area (Å²) in [5, 5.41) is 3.26. The van der Waals surface area contributed by atoms with Crippen molar-refractivity contribution in [2.45, 2.75) is 59.2 Å². The topological polar surface area (TPSA) is 24.4 Å². The quantitative estimate of drug-likeness (QED) is 0.475. The van der Waals surface area contributed by atoms with E-state index in [9.17, 15) is 4.39 Å². The highest BCUT2D eigenvalue weighted by Gasteiger charge is 2.24. The molecule has 0 saturated carbocycles. The first-order valence-electron chi connectivity index (χ1n) is 8.65. The van der Waals surface area contributed by atoms with Crippen molar-refractivity contribution in [3.63, 3.8) is 0 Å². The lowest BCUT2D eigenvalue weighted by Crippen LogP contribution is -2.37. The first-order valence-corrected chi connectivity index (χ1v) is 8.65. The molecule has 130 valence electrons. The maximum atomic E-state index is 14.6. The van der Waals surface area contributed by atoms with E-state index in [1.807, 2.05) is 19.2 Å². The highest BCUT2D eigenvalue weighted by molar-refractivity contribution is 5.86. The Labute approximate surface area is 141 Å². The summed E-state index contributed by atoms with van der Waals surface area (Å²) in [5.74, 6) is 0.352. The van der Waals surface area contributed by atoms with Crippen LogP contribution in [-0.2, 0) is 0 Å². The average molecular weight is 320 g/mol. The summed E-state index contributed by atoms with van der Waals surface area (Å²) >= 11 is 0. The summed E-state index contributed by atoms with van der Waals surface area (Å²) in [5.41, 5.74) is 1.70. The number of alkyl halides is 1. The molecule has 0 spiro atoms. The van der Waals surface area contributed by atoms with Gasteiger partial charge in [-0.05, 0) is 44.6 Å². The number of rotatable bonds is 9. The summed E-state index contributed by atoms with van der Waals surface area (Å²) in [6.07, 6.45) is 9.82. The standard InChI is InChI=1S/C20H33FN2/c1-7-20(4,5)15(2)14-23-16(3)18(21)13-19(22-6)17-11-9-8-10-12-17/h8-11,17-19,22H,2,7,12-14H2,1,3-6H3. The maximum absolute atomic E-state index is 14.6. The van der Waals surface area contributed by atoms with E-state index in [0.717, 1.165) is 18.4 Å². The molecule has 0 aromatic carbocycles. The second-order valence-electron chi connectivity index (χ2n) is 7.11. The van der Waals surface area contributed by atoms with Crippen molar-refractivity contribution < 1.29 is 4.39 Å². The van der Waals surface area contributed by atoms with Crippen LogP contribution in [0.2, 0.25) is 0 Å². The molecule has 0 aromatic rings. The minimum Gasteiger partial charge on any atom is -0.316 e. The molecule has 3 atom stereocenters. The molecule has 0 aliphatic heterocycles. The predicted octanol–water partition coefficient (Wildman–Crippen LogP) is 4.89. The van der Waals surface area contributed by atoms with Crippen LogP contribution < -0.4 is 5.32 Å². The molecule has 3 heteroatoms. The van der Waals surface area contributed by atoms with E-state index >= 15 is 0 Å². The molecule has 3 unspecified atom stereocenters. The van der Waals surface area contributed by atoms with Gasteiger partial charge in [0.15, 0.2) is 0 Å². The summed E-state index contributed by atoms with van der Waals surface area (Å²) in [7, 11) is 1.90. The molecule has 0 radical (unpaired) electrons. The highest BCUT2D eigenvalue weighted by atomic mass is 19.1. The van der Waals surface area contributed by atoms with E-state index in [1.165, 1.54) is 0 Å². The highest BCUT2D eigenvalue weighted by Crippen LogP contribution is 2.28. The van der Waals surface area contributed by atoms with Crippen LogP contribution >= 0.6 is 0 Å². The number of nitrogens with zero attached hydrogens (tertiary/aromatic N) is 1. The smallest absolute Gasteiger partial charge is 0.139 e. The van der Waals surface area contributed by atoms with E-state index in [2.05, 4.69) is 49.8 Å². The number of allylic oxidation sites excluding steroid dienone is 3. The molecule has 1 aliphatic rings. The van der Waals surface area contributed by atoms with Gasteiger partial charge in [-0.25, -0.2) is 4.39 Å². The summed E-state index contributed by atoms with van der Waals surface area (Å²) in [4.78, 5) is 4.45. The lowest BCUT2D eigenvalue weighted by Gasteiger charge is -2.27. The Morgan fingerprint density at radius 1 is 1.43 bits per heavy atom. The van der Waals surface area contributed by atoms with Gasteiger partial charge in [-0.15, -0.1) is 0 Å². The van der Waals surface area contributed by atoms with Gasteiger partial charge in [0.2, 0.25) is 0 Å². The van der Waals surface area contributed by atoms with Crippen molar-refractivity contribution in [1.82, 2.24) is 5.32 Å². The fraction of sp³-hybridized carbons (Fsp3) is 0.650. The Hall–Kier alpha value is -1.22. The molecule has 0 bridgehead atoms. The average Bonchev–Trinajstić information content (AvgIpc) is 2.57. The molecule has 0 heterocycles. The Balaban J connectivity index is 2.59. The predicted molar refractivity (Wildman–Crippen MR) is 99.9 cm³/mol. The minimum absolute atomic E-state index is 0.0579. The van der Waals surface area contributed by atoms with Crippen molar-refractivity contribution in [1.29, 1.82) is 0 Å². The fourth-order valence-corrected chi connectivity index (χ4v) is 2.58. The Morgan fingerprint density at radius 3 is 2.65 bits per heavy atom. The van der Waals surface area contributed by atoms with Gasteiger partial charge in [0.05, 0.1) is 6.54 Å². The molecular weight excluding hydrogens is 287 g/mol. The molecule has 1 rings (SSSR count). The zero-order valence-electron chi connectivity index (χ0n) is 15.4. The molecule has 1 aliphatic carbocycles. The van der Waals surface area contributed by atoms with Gasteiger partial charge >= 0.3 is 0 Å². The van der Waals surface area contributed by atoms with Crippen molar-refractivity contribution in [2.75, 3.05) is 13.6 Å². The van der Waals surface area contributed by atoms with Crippen molar-refractivity contribution in [2.24, 2.45) is 16.3 Å². The SMILES string of the molecule is C=C(CN=C(C)C(F)CC(NC)C1C=CC=CC1)C(C)(C)CC. The van der Waals surface area contributed by atoms with Crippen molar-refractivity contribution in [3.05, 3.63) is 36.5 Å². The van der Waals surface area contributed by atoms with Crippen LogP contribution in [0.4, 0.5) is 4.39 Å². The monoisotopic (exact) mass is 320 g/mol.